The van der Waals surface area contributed by atoms with Crippen molar-refractivity contribution >= 4 is 11.7 Å². The van der Waals surface area contributed by atoms with Crippen molar-refractivity contribution in [2.45, 2.75) is 38.4 Å². The Morgan fingerprint density at radius 3 is 2.62 bits per heavy atom. The highest BCUT2D eigenvalue weighted by Gasteiger charge is 2.40. The van der Waals surface area contributed by atoms with E-state index in [1.807, 2.05) is 6.92 Å². The van der Waals surface area contributed by atoms with Gasteiger partial charge in [0, 0.05) is 18.8 Å². The van der Waals surface area contributed by atoms with Gasteiger partial charge in [0.05, 0.1) is 5.56 Å². The molecule has 116 valence electrons. The molecule has 0 radical (unpaired) electrons. The lowest BCUT2D eigenvalue weighted by atomic mass is 10.2. The third-order valence-corrected chi connectivity index (χ3v) is 3.16. The maximum Gasteiger partial charge on any atom is 0.406 e. The fourth-order valence-corrected chi connectivity index (χ4v) is 1.99. The predicted octanol–water partition coefficient (Wildman–Crippen LogP) is 3.07. The van der Waals surface area contributed by atoms with E-state index < -0.39 is 18.6 Å². The van der Waals surface area contributed by atoms with Crippen LogP contribution in [0.3, 0.4) is 0 Å². The molecule has 0 spiro atoms. The molecule has 0 aromatic carbocycles. The Kier molecular flexibility index (Phi) is 4.69. The molecule has 0 unspecified atom stereocenters. The molecule has 1 amide bonds. The molecule has 2 rings (SSSR count). The Bertz CT molecular complexity index is 483. The molecule has 1 saturated carbocycles. The topological polar surface area (TPSA) is 45.2 Å². The number of amides is 1. The summed E-state index contributed by atoms with van der Waals surface area (Å²) < 4.78 is 37.7. The van der Waals surface area contributed by atoms with Crippen LogP contribution in [-0.2, 0) is 0 Å². The molecule has 1 aromatic rings. The van der Waals surface area contributed by atoms with Crippen molar-refractivity contribution in [3.8, 4) is 0 Å². The van der Waals surface area contributed by atoms with Gasteiger partial charge in [0.1, 0.15) is 12.4 Å². The Morgan fingerprint density at radius 1 is 1.43 bits per heavy atom. The molecule has 0 atom stereocenters. The van der Waals surface area contributed by atoms with Crippen LogP contribution in [0.25, 0.3) is 0 Å². The van der Waals surface area contributed by atoms with Crippen LogP contribution in [-0.4, -0.2) is 41.1 Å². The highest BCUT2D eigenvalue weighted by molar-refractivity contribution is 5.94. The number of pyridine rings is 1. The minimum atomic E-state index is -4.38. The van der Waals surface area contributed by atoms with Crippen molar-refractivity contribution in [2.75, 3.05) is 18.4 Å². The first-order chi connectivity index (χ1) is 9.90. The third kappa shape index (κ3) is 4.61. The fourth-order valence-electron chi connectivity index (χ4n) is 1.99. The number of alkyl halides is 3. The van der Waals surface area contributed by atoms with E-state index in [0.29, 0.717) is 18.7 Å². The molecule has 21 heavy (non-hydrogen) atoms. The van der Waals surface area contributed by atoms with E-state index in [1.165, 1.54) is 12.3 Å². The van der Waals surface area contributed by atoms with Gasteiger partial charge in [-0.3, -0.25) is 4.79 Å². The molecule has 0 saturated heterocycles. The molecule has 1 aliphatic rings. The van der Waals surface area contributed by atoms with Crippen LogP contribution in [0.2, 0.25) is 0 Å². The van der Waals surface area contributed by atoms with Crippen molar-refractivity contribution < 1.29 is 18.0 Å². The summed E-state index contributed by atoms with van der Waals surface area (Å²) >= 11 is 0. The van der Waals surface area contributed by atoms with Gasteiger partial charge in [-0.1, -0.05) is 6.92 Å². The van der Waals surface area contributed by atoms with Crippen molar-refractivity contribution in [1.82, 2.24) is 9.88 Å². The number of carbonyl (C=O) groups excluding carboxylic acids is 1. The summed E-state index contributed by atoms with van der Waals surface area (Å²) in [5.74, 6) is 0.00607. The Morgan fingerprint density at radius 2 is 2.14 bits per heavy atom. The second-order valence-corrected chi connectivity index (χ2v) is 5.14. The molecule has 1 N–H and O–H groups in total. The number of aromatic nitrogens is 1. The second-order valence-electron chi connectivity index (χ2n) is 5.14. The summed E-state index contributed by atoms with van der Waals surface area (Å²) in [4.78, 5) is 17.1. The number of anilines is 1. The smallest absolute Gasteiger partial charge is 0.370 e. The first kappa shape index (κ1) is 15.6. The third-order valence-electron chi connectivity index (χ3n) is 3.16. The molecule has 4 nitrogen and oxygen atoms in total. The molecule has 1 aliphatic carbocycles. The molecular weight excluding hydrogens is 283 g/mol. The van der Waals surface area contributed by atoms with Crippen LogP contribution in [0.15, 0.2) is 18.3 Å². The van der Waals surface area contributed by atoms with Crippen LogP contribution < -0.4 is 5.32 Å². The predicted molar refractivity (Wildman–Crippen MR) is 73.1 cm³/mol. The molecule has 0 bridgehead atoms. The number of carbonyl (C=O) groups is 1. The molecule has 1 aromatic heterocycles. The highest BCUT2D eigenvalue weighted by Crippen LogP contribution is 2.31. The van der Waals surface area contributed by atoms with Crippen molar-refractivity contribution in [1.29, 1.82) is 0 Å². The van der Waals surface area contributed by atoms with E-state index in [-0.39, 0.29) is 11.6 Å². The van der Waals surface area contributed by atoms with Gasteiger partial charge in [0.2, 0.25) is 0 Å². The minimum Gasteiger partial charge on any atom is -0.370 e. The molecular formula is C14H18F3N3O. The standard InChI is InChI=1S/C14H18F3N3O/c1-2-7-18-12-6-3-10(8-19-12)13(21)20(11-4-5-11)9-14(15,16)17/h3,6,8,11H,2,4-5,7,9H2,1H3,(H,18,19). The lowest BCUT2D eigenvalue weighted by Crippen LogP contribution is -2.40. The van der Waals surface area contributed by atoms with E-state index in [4.69, 9.17) is 0 Å². The fraction of sp³-hybridized carbons (Fsp3) is 0.571. The summed E-state index contributed by atoms with van der Waals surface area (Å²) in [6, 6.07) is 2.83. The molecule has 1 fully saturated rings. The van der Waals surface area contributed by atoms with Gasteiger partial charge >= 0.3 is 6.18 Å². The van der Waals surface area contributed by atoms with E-state index in [0.717, 1.165) is 17.9 Å². The van der Waals surface area contributed by atoms with Crippen LogP contribution in [0.4, 0.5) is 19.0 Å². The monoisotopic (exact) mass is 301 g/mol. The number of nitrogens with one attached hydrogen (secondary N) is 1. The highest BCUT2D eigenvalue weighted by atomic mass is 19.4. The van der Waals surface area contributed by atoms with Gasteiger partial charge in [-0.15, -0.1) is 0 Å². The zero-order valence-corrected chi connectivity index (χ0v) is 11.8. The maximum absolute atomic E-state index is 12.6. The molecule has 1 heterocycles. The first-order valence-corrected chi connectivity index (χ1v) is 6.98. The average Bonchev–Trinajstić information content (AvgIpc) is 3.26. The van der Waals surface area contributed by atoms with Crippen LogP contribution >= 0.6 is 0 Å². The Balaban J connectivity index is 2.06. The van der Waals surface area contributed by atoms with Crippen LogP contribution in [0, 0.1) is 0 Å². The lowest BCUT2D eigenvalue weighted by molar-refractivity contribution is -0.141. The lowest BCUT2D eigenvalue weighted by Gasteiger charge is -2.23. The minimum absolute atomic E-state index is 0.188. The van der Waals surface area contributed by atoms with Gasteiger partial charge in [0.15, 0.2) is 0 Å². The largest absolute Gasteiger partial charge is 0.406 e. The first-order valence-electron chi connectivity index (χ1n) is 6.98. The quantitative estimate of drug-likeness (QED) is 0.878. The second kappa shape index (κ2) is 6.32. The van der Waals surface area contributed by atoms with E-state index in [9.17, 15) is 18.0 Å². The van der Waals surface area contributed by atoms with Crippen molar-refractivity contribution in [2.24, 2.45) is 0 Å². The number of rotatable bonds is 6. The SMILES string of the molecule is CCCNc1ccc(C(=O)N(CC(F)(F)F)C2CC2)cn1. The van der Waals surface area contributed by atoms with Gasteiger partial charge in [-0.2, -0.15) is 13.2 Å². The van der Waals surface area contributed by atoms with Crippen molar-refractivity contribution in [3.05, 3.63) is 23.9 Å². The van der Waals surface area contributed by atoms with E-state index >= 15 is 0 Å². The zero-order valence-electron chi connectivity index (χ0n) is 11.8. The zero-order chi connectivity index (χ0) is 15.5. The Hall–Kier alpha value is -1.79. The number of hydrogen-bond donors (Lipinski definition) is 1. The van der Waals surface area contributed by atoms with Gasteiger partial charge in [-0.25, -0.2) is 4.98 Å². The van der Waals surface area contributed by atoms with E-state index in [1.54, 1.807) is 6.07 Å². The number of nitrogens with zero attached hydrogens (tertiary/aromatic N) is 2. The summed E-state index contributed by atoms with van der Waals surface area (Å²) in [6.45, 7) is 1.56. The summed E-state index contributed by atoms with van der Waals surface area (Å²) in [5.41, 5.74) is 0.188. The van der Waals surface area contributed by atoms with Crippen LogP contribution in [0.5, 0.6) is 0 Å². The summed E-state index contributed by atoms with van der Waals surface area (Å²) in [7, 11) is 0. The summed E-state index contributed by atoms with van der Waals surface area (Å²) in [6.07, 6.45) is -0.861. The maximum atomic E-state index is 12.6. The summed E-state index contributed by atoms with van der Waals surface area (Å²) in [5, 5.41) is 3.05. The van der Waals surface area contributed by atoms with Gasteiger partial charge in [-0.05, 0) is 31.4 Å². The van der Waals surface area contributed by atoms with E-state index in [2.05, 4.69) is 10.3 Å². The average molecular weight is 301 g/mol. The number of hydrogen-bond acceptors (Lipinski definition) is 3. The van der Waals surface area contributed by atoms with Crippen LogP contribution in [0.1, 0.15) is 36.5 Å². The van der Waals surface area contributed by atoms with Crippen molar-refractivity contribution in [3.63, 3.8) is 0 Å². The normalized spacial score (nSPS) is 14.9. The van der Waals surface area contributed by atoms with Gasteiger partial charge < -0.3 is 10.2 Å². The Labute approximate surface area is 121 Å². The number of halogens is 3. The molecule has 0 aliphatic heterocycles. The molecule has 7 heteroatoms. The van der Waals surface area contributed by atoms with Gasteiger partial charge in [0.25, 0.3) is 5.91 Å².